The molecule has 0 heterocycles. The highest BCUT2D eigenvalue weighted by molar-refractivity contribution is 5.48. The van der Waals surface area contributed by atoms with Gasteiger partial charge in [0.15, 0.2) is 0 Å². The van der Waals surface area contributed by atoms with Gasteiger partial charge in [0.2, 0.25) is 6.41 Å². The van der Waals surface area contributed by atoms with Crippen LogP contribution in [0.4, 0.5) is 0 Å². The summed E-state index contributed by atoms with van der Waals surface area (Å²) >= 11 is 0. The Morgan fingerprint density at radius 3 is 2.54 bits per heavy atom. The van der Waals surface area contributed by atoms with Gasteiger partial charge in [0.1, 0.15) is 0 Å². The number of hydrogen-bond donors (Lipinski definition) is 2. The number of ether oxygens (including phenoxy) is 1. The Morgan fingerprint density at radius 2 is 1.92 bits per heavy atom. The molecule has 1 aromatic carbocycles. The molecule has 1 aromatic rings. The summed E-state index contributed by atoms with van der Waals surface area (Å²) in [5.74, 6) is 0.877. The molecule has 2 rings (SSSR count). The number of carbonyl (C=O) groups is 1. The van der Waals surface area contributed by atoms with Crippen LogP contribution in [-0.4, -0.2) is 25.7 Å². The van der Waals surface area contributed by atoms with Crippen molar-refractivity contribution in [3.8, 4) is 0 Å². The van der Waals surface area contributed by atoms with E-state index in [0.717, 1.165) is 18.4 Å². The molecule has 26 heavy (non-hydrogen) atoms. The Bertz CT molecular complexity index is 602. The lowest BCUT2D eigenvalue weighted by Crippen LogP contribution is -2.27. The van der Waals surface area contributed by atoms with E-state index in [2.05, 4.69) is 48.6 Å². The molecule has 0 aliphatic heterocycles. The molecule has 4 nitrogen and oxygen atoms in total. The predicted molar refractivity (Wildman–Crippen MR) is 107 cm³/mol. The van der Waals surface area contributed by atoms with Gasteiger partial charge >= 0.3 is 0 Å². The van der Waals surface area contributed by atoms with Crippen LogP contribution in [0.5, 0.6) is 0 Å². The van der Waals surface area contributed by atoms with Gasteiger partial charge in [-0.3, -0.25) is 4.79 Å². The van der Waals surface area contributed by atoms with Crippen LogP contribution < -0.4 is 11.1 Å². The number of allylic oxidation sites excluding steroid dienone is 2. The Kier molecular flexibility index (Phi) is 8.59. The molecule has 0 aromatic heterocycles. The van der Waals surface area contributed by atoms with Gasteiger partial charge in [0, 0.05) is 18.7 Å². The van der Waals surface area contributed by atoms with Gasteiger partial charge in [-0.25, -0.2) is 0 Å². The van der Waals surface area contributed by atoms with E-state index in [1.165, 1.54) is 24.0 Å². The van der Waals surface area contributed by atoms with Crippen LogP contribution in [0.15, 0.2) is 53.8 Å². The third-order valence-electron chi connectivity index (χ3n) is 5.24. The van der Waals surface area contributed by atoms with Crippen LogP contribution >= 0.6 is 0 Å². The Morgan fingerprint density at radius 1 is 1.23 bits per heavy atom. The van der Waals surface area contributed by atoms with Crippen molar-refractivity contribution >= 4 is 6.41 Å². The second-order valence-corrected chi connectivity index (χ2v) is 7.21. The van der Waals surface area contributed by atoms with Gasteiger partial charge in [-0.05, 0) is 56.6 Å². The number of rotatable bonds is 9. The second kappa shape index (κ2) is 10.9. The molecule has 0 radical (unpaired) electrons. The van der Waals surface area contributed by atoms with Crippen molar-refractivity contribution in [1.29, 1.82) is 0 Å². The topological polar surface area (TPSA) is 64.4 Å². The zero-order valence-corrected chi connectivity index (χ0v) is 16.0. The first kappa shape index (κ1) is 20.4. The maximum atomic E-state index is 10.4. The summed E-state index contributed by atoms with van der Waals surface area (Å²) in [7, 11) is 0. The number of hydrogen-bond acceptors (Lipinski definition) is 3. The standard InChI is InChI=1S/C22H32N2O2/c1-17(14-24-16-25)12-18(2)21(13-23)15-26-22-10-8-20(9-11-22)19-6-4-3-5-7-19/h3-7,12,14,16,20-22H,8-11,13,15,23H2,1-2H3,(H,24,25)/b17-14-,18-12+. The normalized spacial score (nSPS) is 22.7. The third-order valence-corrected chi connectivity index (χ3v) is 5.24. The van der Waals surface area contributed by atoms with Crippen molar-refractivity contribution < 1.29 is 9.53 Å². The lowest BCUT2D eigenvalue weighted by molar-refractivity contribution is -0.108. The summed E-state index contributed by atoms with van der Waals surface area (Å²) in [5, 5.41) is 2.56. The first-order chi connectivity index (χ1) is 12.6. The molecular formula is C22H32N2O2. The molecule has 1 saturated carbocycles. The number of amides is 1. The first-order valence-corrected chi connectivity index (χ1v) is 9.55. The molecule has 0 saturated heterocycles. The molecule has 3 N–H and O–H groups in total. The fraction of sp³-hybridized carbons (Fsp3) is 0.500. The van der Waals surface area contributed by atoms with Gasteiger partial charge in [0.05, 0.1) is 12.7 Å². The van der Waals surface area contributed by atoms with Crippen LogP contribution in [0, 0.1) is 5.92 Å². The van der Waals surface area contributed by atoms with Crippen molar-refractivity contribution in [2.45, 2.75) is 51.6 Å². The first-order valence-electron chi connectivity index (χ1n) is 9.55. The van der Waals surface area contributed by atoms with E-state index in [0.29, 0.717) is 31.6 Å². The van der Waals surface area contributed by atoms with Crippen LogP contribution in [-0.2, 0) is 9.53 Å². The van der Waals surface area contributed by atoms with Crippen molar-refractivity contribution in [1.82, 2.24) is 5.32 Å². The highest BCUT2D eigenvalue weighted by Crippen LogP contribution is 2.34. The van der Waals surface area contributed by atoms with Gasteiger partial charge in [0.25, 0.3) is 0 Å². The molecule has 1 unspecified atom stereocenters. The van der Waals surface area contributed by atoms with Crippen molar-refractivity contribution in [3.63, 3.8) is 0 Å². The summed E-state index contributed by atoms with van der Waals surface area (Å²) in [6.45, 7) is 5.26. The minimum Gasteiger partial charge on any atom is -0.378 e. The molecule has 1 aliphatic carbocycles. The molecule has 1 amide bonds. The minimum atomic E-state index is 0.210. The van der Waals surface area contributed by atoms with E-state index >= 15 is 0 Å². The summed E-state index contributed by atoms with van der Waals surface area (Å²) in [5.41, 5.74) is 9.59. The largest absolute Gasteiger partial charge is 0.378 e. The van der Waals surface area contributed by atoms with Crippen molar-refractivity contribution in [2.24, 2.45) is 11.7 Å². The molecule has 142 valence electrons. The quantitative estimate of drug-likeness (QED) is 0.521. The maximum absolute atomic E-state index is 10.4. The Labute approximate surface area is 157 Å². The smallest absolute Gasteiger partial charge is 0.211 e. The lowest BCUT2D eigenvalue weighted by Gasteiger charge is -2.30. The maximum Gasteiger partial charge on any atom is 0.211 e. The van der Waals surface area contributed by atoms with Crippen LogP contribution in [0.25, 0.3) is 0 Å². The zero-order valence-electron chi connectivity index (χ0n) is 16.0. The van der Waals surface area contributed by atoms with Crippen LogP contribution in [0.1, 0.15) is 51.0 Å². The fourth-order valence-corrected chi connectivity index (χ4v) is 3.61. The summed E-state index contributed by atoms with van der Waals surface area (Å²) in [6, 6.07) is 10.8. The number of nitrogens with two attached hydrogens (primary N) is 1. The Hall–Kier alpha value is -1.91. The highest BCUT2D eigenvalue weighted by atomic mass is 16.5. The summed E-state index contributed by atoms with van der Waals surface area (Å²) in [6.07, 6.45) is 9.36. The van der Waals surface area contributed by atoms with E-state index < -0.39 is 0 Å². The number of carbonyl (C=O) groups excluding carboxylic acids is 1. The monoisotopic (exact) mass is 356 g/mol. The molecule has 1 aliphatic rings. The van der Waals surface area contributed by atoms with Crippen LogP contribution in [0.2, 0.25) is 0 Å². The van der Waals surface area contributed by atoms with E-state index in [-0.39, 0.29) is 5.92 Å². The highest BCUT2D eigenvalue weighted by Gasteiger charge is 2.23. The molecule has 1 fully saturated rings. The number of benzene rings is 1. The summed E-state index contributed by atoms with van der Waals surface area (Å²) in [4.78, 5) is 10.4. The van der Waals surface area contributed by atoms with Gasteiger partial charge < -0.3 is 15.8 Å². The average molecular weight is 357 g/mol. The van der Waals surface area contributed by atoms with Gasteiger partial charge in [-0.2, -0.15) is 0 Å². The predicted octanol–water partition coefficient (Wildman–Crippen LogP) is 3.90. The van der Waals surface area contributed by atoms with E-state index in [1.54, 1.807) is 6.20 Å². The summed E-state index contributed by atoms with van der Waals surface area (Å²) < 4.78 is 6.19. The minimum absolute atomic E-state index is 0.210. The molecule has 0 spiro atoms. The average Bonchev–Trinajstić information content (AvgIpc) is 2.68. The van der Waals surface area contributed by atoms with Crippen molar-refractivity contribution in [2.75, 3.05) is 13.2 Å². The molecular weight excluding hydrogens is 324 g/mol. The van der Waals surface area contributed by atoms with Gasteiger partial charge in [-0.1, -0.05) is 42.0 Å². The molecule has 4 heteroatoms. The molecule has 0 bridgehead atoms. The van der Waals surface area contributed by atoms with Crippen molar-refractivity contribution in [3.05, 3.63) is 59.3 Å². The third kappa shape index (κ3) is 6.43. The fourth-order valence-electron chi connectivity index (χ4n) is 3.61. The second-order valence-electron chi connectivity index (χ2n) is 7.21. The van der Waals surface area contributed by atoms with Crippen LogP contribution in [0.3, 0.4) is 0 Å². The van der Waals surface area contributed by atoms with E-state index in [4.69, 9.17) is 10.5 Å². The SMILES string of the molecule is CC(=C/NC=O)/C=C(\C)C(CN)COC1CCC(c2ccccc2)CC1. The van der Waals surface area contributed by atoms with E-state index in [9.17, 15) is 4.79 Å². The Balaban J connectivity index is 1.80. The van der Waals surface area contributed by atoms with E-state index in [1.807, 2.05) is 6.92 Å². The number of nitrogens with one attached hydrogen (secondary N) is 1. The zero-order chi connectivity index (χ0) is 18.8. The lowest BCUT2D eigenvalue weighted by atomic mass is 9.83. The van der Waals surface area contributed by atoms with Gasteiger partial charge in [-0.15, -0.1) is 0 Å². The molecule has 1 atom stereocenters.